The first-order valence-electron chi connectivity index (χ1n) is 10.2. The molecule has 7 nitrogen and oxygen atoms in total. The Bertz CT molecular complexity index is 982. The first-order valence-corrected chi connectivity index (χ1v) is 10.2. The van der Waals surface area contributed by atoms with Gasteiger partial charge in [0, 0.05) is 18.5 Å². The lowest BCUT2D eigenvalue weighted by Gasteiger charge is -2.18. The van der Waals surface area contributed by atoms with E-state index in [9.17, 15) is 9.59 Å². The molecule has 1 aliphatic rings. The molecular weight excluding hydrogens is 380 g/mol. The molecule has 0 unspecified atom stereocenters. The number of pyridine rings is 1. The highest BCUT2D eigenvalue weighted by Gasteiger charge is 2.28. The number of rotatable bonds is 7. The largest absolute Gasteiger partial charge is 0.446 e. The zero-order valence-corrected chi connectivity index (χ0v) is 16.6. The number of aromatic nitrogens is 2. The Kier molecular flexibility index (Phi) is 6.17. The number of nitrogens with one attached hydrogen (secondary N) is 2. The molecule has 7 heteroatoms. The number of benzene rings is 1. The zero-order chi connectivity index (χ0) is 20.8. The molecule has 3 aromatic rings. The second-order valence-corrected chi connectivity index (χ2v) is 7.47. The van der Waals surface area contributed by atoms with Crippen LogP contribution >= 0.6 is 0 Å². The Morgan fingerprint density at radius 1 is 1.07 bits per heavy atom. The minimum atomic E-state index is -0.447. The molecule has 154 valence electrons. The van der Waals surface area contributed by atoms with Gasteiger partial charge in [-0.3, -0.25) is 9.59 Å². The molecule has 4 rings (SSSR count). The van der Waals surface area contributed by atoms with Gasteiger partial charge >= 0.3 is 0 Å². The summed E-state index contributed by atoms with van der Waals surface area (Å²) in [6.45, 7) is 0. The molecule has 2 heterocycles. The molecule has 1 aliphatic carbocycles. The van der Waals surface area contributed by atoms with Crippen LogP contribution in [0.1, 0.15) is 53.7 Å². The van der Waals surface area contributed by atoms with Crippen LogP contribution in [0.2, 0.25) is 0 Å². The normalized spacial score (nSPS) is 14.9. The molecule has 2 aromatic heterocycles. The van der Waals surface area contributed by atoms with Crippen molar-refractivity contribution in [3.05, 3.63) is 78.1 Å². The molecule has 0 spiro atoms. The van der Waals surface area contributed by atoms with Crippen molar-refractivity contribution in [2.75, 3.05) is 5.32 Å². The van der Waals surface area contributed by atoms with Crippen molar-refractivity contribution in [1.29, 1.82) is 0 Å². The summed E-state index contributed by atoms with van der Waals surface area (Å²) in [6, 6.07) is 14.6. The topological polar surface area (TPSA) is 97.1 Å². The molecule has 1 fully saturated rings. The van der Waals surface area contributed by atoms with Crippen LogP contribution in [0.4, 0.5) is 5.82 Å². The quantitative estimate of drug-likeness (QED) is 0.622. The summed E-state index contributed by atoms with van der Waals surface area (Å²) < 4.78 is 5.61. The summed E-state index contributed by atoms with van der Waals surface area (Å²) >= 11 is 0. The van der Waals surface area contributed by atoms with Crippen molar-refractivity contribution in [1.82, 2.24) is 15.3 Å². The summed E-state index contributed by atoms with van der Waals surface area (Å²) in [5.41, 5.74) is 1.19. The smallest absolute Gasteiger partial charge is 0.278 e. The Morgan fingerprint density at radius 2 is 1.83 bits per heavy atom. The van der Waals surface area contributed by atoms with Gasteiger partial charge in [0.05, 0.1) is 0 Å². The minimum Gasteiger partial charge on any atom is -0.446 e. The number of oxazole rings is 1. The molecular formula is C23H24N4O3. The van der Waals surface area contributed by atoms with Gasteiger partial charge in [-0.05, 0) is 30.5 Å². The molecule has 1 saturated carbocycles. The number of anilines is 1. The van der Waals surface area contributed by atoms with Gasteiger partial charge in [-0.1, -0.05) is 49.2 Å². The SMILES string of the molecule is O=C(Nc1ccccn1)c1coc([C@@H](Cc2ccccc2)NC(=O)C2CCCC2)n1. The third kappa shape index (κ3) is 4.92. The van der Waals surface area contributed by atoms with Crippen molar-refractivity contribution >= 4 is 17.6 Å². The van der Waals surface area contributed by atoms with Gasteiger partial charge in [0.25, 0.3) is 5.91 Å². The zero-order valence-electron chi connectivity index (χ0n) is 16.6. The van der Waals surface area contributed by atoms with E-state index in [-0.39, 0.29) is 17.5 Å². The van der Waals surface area contributed by atoms with E-state index in [2.05, 4.69) is 20.6 Å². The van der Waals surface area contributed by atoms with E-state index in [0.29, 0.717) is 18.1 Å². The number of hydrogen-bond acceptors (Lipinski definition) is 5. The van der Waals surface area contributed by atoms with Crippen LogP contribution in [-0.4, -0.2) is 21.8 Å². The standard InChI is InChI=1S/C23H24N4O3/c28-21(17-10-4-5-11-17)25-18(14-16-8-2-1-3-9-16)23-26-19(15-30-23)22(29)27-20-12-6-7-13-24-20/h1-3,6-9,12-13,15,17-18H,4-5,10-11,14H2,(H,25,28)(H,24,27,29)/t18-/m1/s1. The van der Waals surface area contributed by atoms with E-state index in [1.165, 1.54) is 6.26 Å². The fourth-order valence-electron chi connectivity index (χ4n) is 3.70. The Labute approximate surface area is 174 Å². The second-order valence-electron chi connectivity index (χ2n) is 7.47. The first kappa shape index (κ1) is 19.8. The maximum absolute atomic E-state index is 12.7. The predicted octanol–water partition coefficient (Wildman–Crippen LogP) is 3.91. The molecule has 2 amide bonds. The molecule has 0 aliphatic heterocycles. The molecule has 0 radical (unpaired) electrons. The third-order valence-corrected chi connectivity index (χ3v) is 5.28. The minimum absolute atomic E-state index is 0.0196. The lowest BCUT2D eigenvalue weighted by atomic mass is 10.0. The van der Waals surface area contributed by atoms with Gasteiger partial charge in [0.2, 0.25) is 11.8 Å². The van der Waals surface area contributed by atoms with Gasteiger partial charge in [-0.15, -0.1) is 0 Å². The van der Waals surface area contributed by atoms with E-state index >= 15 is 0 Å². The van der Waals surface area contributed by atoms with Crippen LogP contribution in [0, 0.1) is 5.92 Å². The van der Waals surface area contributed by atoms with Crippen molar-refractivity contribution in [2.45, 2.75) is 38.1 Å². The lowest BCUT2D eigenvalue weighted by molar-refractivity contribution is -0.125. The van der Waals surface area contributed by atoms with Crippen LogP contribution in [0.15, 0.2) is 65.4 Å². The highest BCUT2D eigenvalue weighted by Crippen LogP contribution is 2.26. The van der Waals surface area contributed by atoms with Gasteiger partial charge in [-0.25, -0.2) is 9.97 Å². The lowest BCUT2D eigenvalue weighted by Crippen LogP contribution is -2.34. The van der Waals surface area contributed by atoms with Crippen molar-refractivity contribution < 1.29 is 14.0 Å². The van der Waals surface area contributed by atoms with Gasteiger partial charge in [-0.2, -0.15) is 0 Å². The summed E-state index contributed by atoms with van der Waals surface area (Å²) in [4.78, 5) is 33.7. The molecule has 1 aromatic carbocycles. The van der Waals surface area contributed by atoms with Gasteiger partial charge < -0.3 is 15.1 Å². The number of nitrogens with zero attached hydrogens (tertiary/aromatic N) is 2. The van der Waals surface area contributed by atoms with E-state index in [1.807, 2.05) is 30.3 Å². The Balaban J connectivity index is 1.51. The molecule has 2 N–H and O–H groups in total. The monoisotopic (exact) mass is 404 g/mol. The summed E-state index contributed by atoms with van der Waals surface area (Å²) in [6.07, 6.45) is 7.42. The summed E-state index contributed by atoms with van der Waals surface area (Å²) in [7, 11) is 0. The van der Waals surface area contributed by atoms with Crippen molar-refractivity contribution in [3.63, 3.8) is 0 Å². The maximum Gasteiger partial charge on any atom is 0.278 e. The third-order valence-electron chi connectivity index (χ3n) is 5.28. The van der Waals surface area contributed by atoms with E-state index < -0.39 is 11.9 Å². The summed E-state index contributed by atoms with van der Waals surface area (Å²) in [5, 5.41) is 5.77. The Hall–Kier alpha value is -3.48. The van der Waals surface area contributed by atoms with Gasteiger partial charge in [0.15, 0.2) is 5.69 Å². The van der Waals surface area contributed by atoms with Crippen LogP contribution in [-0.2, 0) is 11.2 Å². The van der Waals surface area contributed by atoms with Crippen LogP contribution in [0.25, 0.3) is 0 Å². The number of amides is 2. The van der Waals surface area contributed by atoms with Crippen molar-refractivity contribution in [2.24, 2.45) is 5.92 Å². The van der Waals surface area contributed by atoms with Gasteiger partial charge in [0.1, 0.15) is 18.1 Å². The van der Waals surface area contributed by atoms with E-state index in [4.69, 9.17) is 4.42 Å². The van der Waals surface area contributed by atoms with Crippen LogP contribution in [0.5, 0.6) is 0 Å². The summed E-state index contributed by atoms with van der Waals surface area (Å²) in [5.74, 6) is 0.388. The molecule has 1 atom stereocenters. The average Bonchev–Trinajstić information content (AvgIpc) is 3.47. The van der Waals surface area contributed by atoms with Crippen LogP contribution in [0.3, 0.4) is 0 Å². The molecule has 30 heavy (non-hydrogen) atoms. The maximum atomic E-state index is 12.7. The molecule has 0 saturated heterocycles. The number of carbonyl (C=O) groups is 2. The highest BCUT2D eigenvalue weighted by atomic mass is 16.3. The number of hydrogen-bond donors (Lipinski definition) is 2. The highest BCUT2D eigenvalue weighted by molar-refractivity contribution is 6.02. The van der Waals surface area contributed by atoms with Crippen LogP contribution < -0.4 is 10.6 Å². The number of carbonyl (C=O) groups excluding carboxylic acids is 2. The fourth-order valence-corrected chi connectivity index (χ4v) is 3.70. The van der Waals surface area contributed by atoms with E-state index in [1.54, 1.807) is 24.4 Å². The van der Waals surface area contributed by atoms with E-state index in [0.717, 1.165) is 31.2 Å². The predicted molar refractivity (Wildman–Crippen MR) is 112 cm³/mol. The first-order chi connectivity index (χ1) is 14.7. The molecule has 0 bridgehead atoms. The van der Waals surface area contributed by atoms with Crippen molar-refractivity contribution in [3.8, 4) is 0 Å². The average molecular weight is 404 g/mol. The Morgan fingerprint density at radius 3 is 2.57 bits per heavy atom. The fraction of sp³-hybridized carbons (Fsp3) is 0.304. The second kappa shape index (κ2) is 9.35.